The molecule has 3 nitrogen and oxygen atoms in total. The van der Waals surface area contributed by atoms with Gasteiger partial charge in [-0.25, -0.2) is 0 Å². The Morgan fingerprint density at radius 2 is 0.857 bits per heavy atom. The fourth-order valence-electron chi connectivity index (χ4n) is 2.21. The molecule has 158 valence electrons. The molecule has 0 aliphatic heterocycles. The summed E-state index contributed by atoms with van der Waals surface area (Å²) in [6.45, 7) is 16.7. The van der Waals surface area contributed by atoms with Crippen molar-refractivity contribution in [3.05, 3.63) is 48.5 Å². The van der Waals surface area contributed by atoms with Crippen LogP contribution in [0.1, 0.15) is 68.2 Å². The number of benzene rings is 2. The molecule has 28 heavy (non-hydrogen) atoms. The van der Waals surface area contributed by atoms with Crippen molar-refractivity contribution in [1.82, 2.24) is 0 Å². The molecule has 0 amide bonds. The lowest BCUT2D eigenvalue weighted by molar-refractivity contribution is 0.105. The van der Waals surface area contributed by atoms with E-state index in [-0.39, 0.29) is 11.2 Å². The van der Waals surface area contributed by atoms with Gasteiger partial charge in [0.2, 0.25) is 0 Å². The predicted molar refractivity (Wildman–Crippen MR) is 123 cm³/mol. The summed E-state index contributed by atoms with van der Waals surface area (Å²) in [7, 11) is 1.25. The first kappa shape index (κ1) is 26.0. The smallest absolute Gasteiger partial charge is 0.133 e. The number of ether oxygens (including phenoxy) is 2. The second-order valence-corrected chi connectivity index (χ2v) is 7.48. The molecule has 2 aromatic rings. The lowest BCUT2D eigenvalue weighted by Crippen LogP contribution is -2.26. The van der Waals surface area contributed by atoms with Crippen LogP contribution in [0.2, 0.25) is 0 Å². The summed E-state index contributed by atoms with van der Waals surface area (Å²) in [6, 6.07) is 16.6. The Labute approximate surface area is 172 Å². The monoisotopic (exact) mass is 389 g/mol. The third-order valence-electron chi connectivity index (χ3n) is 4.53. The molecular weight excluding hydrogens is 348 g/mol. The van der Waals surface area contributed by atoms with Crippen LogP contribution in [0.15, 0.2) is 48.5 Å². The van der Waals surface area contributed by atoms with Gasteiger partial charge in [-0.3, -0.25) is 0 Å². The van der Waals surface area contributed by atoms with Crippen LogP contribution >= 0.6 is 0 Å². The van der Waals surface area contributed by atoms with E-state index < -0.39 is 0 Å². The zero-order valence-electron chi connectivity index (χ0n) is 19.3. The number of hydrogen-bond donors (Lipinski definition) is 0. The summed E-state index contributed by atoms with van der Waals surface area (Å²) in [5.41, 5.74) is 2.09. The normalized spacial score (nSPS) is 10.8. The molecule has 3 heteroatoms. The SMILES string of the molecule is CC.CCC(C)(C)Oc1ccc(-c2ccc(OC(C)(C)CC)cc2)cc1.C[OH2+]. The van der Waals surface area contributed by atoms with Crippen molar-refractivity contribution in [3.8, 4) is 22.6 Å². The molecule has 2 N–H and O–H groups in total. The molecule has 2 aromatic carbocycles. The summed E-state index contributed by atoms with van der Waals surface area (Å²) in [5.74, 6) is 1.82. The van der Waals surface area contributed by atoms with Crippen molar-refractivity contribution < 1.29 is 14.6 Å². The Morgan fingerprint density at radius 3 is 1.07 bits per heavy atom. The summed E-state index contributed by atoms with van der Waals surface area (Å²) in [5, 5.41) is 5.75. The highest BCUT2D eigenvalue weighted by Gasteiger charge is 2.17. The van der Waals surface area contributed by atoms with Crippen LogP contribution in [0.4, 0.5) is 0 Å². The molecule has 0 radical (unpaired) electrons. The van der Waals surface area contributed by atoms with Gasteiger partial charge in [0.05, 0.1) is 0 Å². The molecular formula is C25H41O3+. The topological polar surface area (TPSA) is 41.4 Å². The van der Waals surface area contributed by atoms with E-state index in [1.807, 2.05) is 38.1 Å². The van der Waals surface area contributed by atoms with Gasteiger partial charge in [0.15, 0.2) is 0 Å². The molecule has 0 aromatic heterocycles. The van der Waals surface area contributed by atoms with Gasteiger partial charge in [-0.15, -0.1) is 0 Å². The average Bonchev–Trinajstić information content (AvgIpc) is 2.72. The number of rotatable bonds is 7. The van der Waals surface area contributed by atoms with E-state index in [4.69, 9.17) is 14.6 Å². The van der Waals surface area contributed by atoms with Crippen LogP contribution < -0.4 is 9.47 Å². The molecule has 0 fully saturated rings. The molecule has 2 rings (SSSR count). The molecule has 0 atom stereocenters. The van der Waals surface area contributed by atoms with Crippen molar-refractivity contribution >= 4 is 0 Å². The number of hydrogen-bond acceptors (Lipinski definition) is 2. The van der Waals surface area contributed by atoms with E-state index in [9.17, 15) is 0 Å². The van der Waals surface area contributed by atoms with Gasteiger partial charge in [0, 0.05) is 0 Å². The van der Waals surface area contributed by atoms with Gasteiger partial charge in [-0.1, -0.05) is 52.0 Å². The lowest BCUT2D eigenvalue weighted by atomic mass is 10.0. The zero-order chi connectivity index (χ0) is 21.8. The first-order chi connectivity index (χ1) is 13.2. The van der Waals surface area contributed by atoms with E-state index in [0.717, 1.165) is 24.3 Å². The largest absolute Gasteiger partial charge is 0.488 e. The quantitative estimate of drug-likeness (QED) is 0.486. The van der Waals surface area contributed by atoms with Crippen LogP contribution in [0.3, 0.4) is 0 Å². The average molecular weight is 390 g/mol. The minimum absolute atomic E-state index is 0.132. The Morgan fingerprint density at radius 1 is 0.607 bits per heavy atom. The van der Waals surface area contributed by atoms with E-state index >= 15 is 0 Å². The van der Waals surface area contributed by atoms with E-state index in [2.05, 4.69) is 65.8 Å². The van der Waals surface area contributed by atoms with Crippen molar-refractivity contribution in [2.75, 3.05) is 7.11 Å². The molecule has 0 bridgehead atoms. The molecule has 0 unspecified atom stereocenters. The van der Waals surface area contributed by atoms with Crippen molar-refractivity contribution in [2.24, 2.45) is 0 Å². The van der Waals surface area contributed by atoms with E-state index in [0.29, 0.717) is 0 Å². The zero-order valence-corrected chi connectivity index (χ0v) is 19.3. The van der Waals surface area contributed by atoms with Crippen LogP contribution in [0, 0.1) is 0 Å². The Bertz CT molecular complexity index is 581. The van der Waals surface area contributed by atoms with Gasteiger partial charge in [0.1, 0.15) is 29.8 Å². The second kappa shape index (κ2) is 12.5. The molecule has 0 aliphatic rings. The molecule has 0 spiro atoms. The predicted octanol–water partition coefficient (Wildman–Crippen LogP) is 6.86. The van der Waals surface area contributed by atoms with E-state index in [1.165, 1.54) is 18.2 Å². The van der Waals surface area contributed by atoms with Crippen LogP contribution in [-0.2, 0) is 0 Å². The molecule has 0 saturated carbocycles. The first-order valence-electron chi connectivity index (χ1n) is 10.3. The minimum Gasteiger partial charge on any atom is -0.488 e. The summed E-state index contributed by atoms with van der Waals surface area (Å²) in [4.78, 5) is 0. The van der Waals surface area contributed by atoms with E-state index in [1.54, 1.807) is 0 Å². The maximum absolute atomic E-state index is 6.01. The first-order valence-corrected chi connectivity index (χ1v) is 10.3. The highest BCUT2D eigenvalue weighted by Crippen LogP contribution is 2.28. The molecule has 0 aliphatic carbocycles. The van der Waals surface area contributed by atoms with Crippen LogP contribution in [0.5, 0.6) is 11.5 Å². The van der Waals surface area contributed by atoms with Crippen LogP contribution in [-0.4, -0.2) is 23.4 Å². The summed E-state index contributed by atoms with van der Waals surface area (Å²) < 4.78 is 12.0. The van der Waals surface area contributed by atoms with Gasteiger partial charge in [0.25, 0.3) is 0 Å². The second-order valence-electron chi connectivity index (χ2n) is 7.48. The van der Waals surface area contributed by atoms with Gasteiger partial charge in [-0.2, -0.15) is 0 Å². The van der Waals surface area contributed by atoms with Gasteiger partial charge in [-0.05, 0) is 75.9 Å². The molecule has 0 heterocycles. The lowest BCUT2D eigenvalue weighted by Gasteiger charge is -2.25. The van der Waals surface area contributed by atoms with Gasteiger partial charge < -0.3 is 14.6 Å². The van der Waals surface area contributed by atoms with Crippen molar-refractivity contribution in [1.29, 1.82) is 0 Å². The van der Waals surface area contributed by atoms with Gasteiger partial charge >= 0.3 is 0 Å². The summed E-state index contributed by atoms with van der Waals surface area (Å²) in [6.07, 6.45) is 1.95. The highest BCUT2D eigenvalue weighted by molar-refractivity contribution is 5.64. The summed E-state index contributed by atoms with van der Waals surface area (Å²) >= 11 is 0. The molecule has 0 saturated heterocycles. The minimum atomic E-state index is -0.132. The standard InChI is InChI=1S/C22H30O2.C2H6.CH4O/c1-7-21(3,4)23-19-13-9-17(10-14-19)18-11-15-20(16-12-18)24-22(5,6)8-2;2*1-2/h9-16H,7-8H2,1-6H3;1-2H3;2H,1H3/p+1. The Hall–Kier alpha value is -2.00. The van der Waals surface area contributed by atoms with Crippen LogP contribution in [0.25, 0.3) is 11.1 Å². The maximum atomic E-state index is 6.01. The Kier molecular flexibility index (Phi) is 11.6. The Balaban J connectivity index is 0.00000171. The third-order valence-corrected chi connectivity index (χ3v) is 4.53. The third kappa shape index (κ3) is 8.79. The van der Waals surface area contributed by atoms with Crippen molar-refractivity contribution in [3.63, 3.8) is 0 Å². The fourth-order valence-corrected chi connectivity index (χ4v) is 2.21. The van der Waals surface area contributed by atoms with Crippen molar-refractivity contribution in [2.45, 2.75) is 79.4 Å². The fraction of sp³-hybridized carbons (Fsp3) is 0.520. The highest BCUT2D eigenvalue weighted by atomic mass is 16.5. The maximum Gasteiger partial charge on any atom is 0.133 e.